The van der Waals surface area contributed by atoms with Gasteiger partial charge in [0.15, 0.2) is 6.04 Å². The van der Waals surface area contributed by atoms with E-state index in [9.17, 15) is 24.3 Å². The van der Waals surface area contributed by atoms with Crippen LogP contribution in [-0.2, 0) is 54.7 Å². The van der Waals surface area contributed by atoms with Crippen LogP contribution in [0.2, 0.25) is 0 Å². The van der Waals surface area contributed by atoms with E-state index in [1.807, 2.05) is 127 Å². The summed E-state index contributed by atoms with van der Waals surface area (Å²) in [5, 5.41) is 15.7. The maximum Gasteiger partial charge on any atom is 0.332 e. The molecule has 0 bridgehead atoms. The lowest BCUT2D eigenvalue weighted by Crippen LogP contribution is -2.48. The highest BCUT2D eigenvalue weighted by atomic mass is 16.6. The lowest BCUT2D eigenvalue weighted by Gasteiger charge is -2.23. The van der Waals surface area contributed by atoms with Crippen molar-refractivity contribution >= 4 is 23.8 Å². The number of hydrogen-bond acceptors (Lipinski definition) is 8. The number of cyclic esters (lactones) is 1. The predicted octanol–water partition coefficient (Wildman–Crippen LogP) is 6.05. The molecule has 10 nitrogen and oxygen atoms in total. The van der Waals surface area contributed by atoms with Gasteiger partial charge in [-0.15, -0.1) is 0 Å². The second-order valence-electron chi connectivity index (χ2n) is 13.8. The highest BCUT2D eigenvalue weighted by molar-refractivity contribution is 5.89. The summed E-state index contributed by atoms with van der Waals surface area (Å²) in [5.74, 6) is -2.76. The topological polar surface area (TPSA) is 140 Å². The zero-order valence-corrected chi connectivity index (χ0v) is 31.0. The van der Waals surface area contributed by atoms with Crippen LogP contribution in [0.15, 0.2) is 127 Å². The monoisotopic (exact) mass is 746 g/mol. The molecule has 4 aromatic rings. The van der Waals surface area contributed by atoms with Gasteiger partial charge in [-0.05, 0) is 72.9 Å². The van der Waals surface area contributed by atoms with Gasteiger partial charge in [0, 0.05) is 6.42 Å². The number of amides is 2. The first-order valence-corrected chi connectivity index (χ1v) is 18.9. The lowest BCUT2D eigenvalue weighted by molar-refractivity contribution is -0.157. The molecular formula is C45H50N2O8. The molecule has 4 atom stereocenters. The summed E-state index contributed by atoms with van der Waals surface area (Å²) in [6, 6.07) is 34.2. The minimum absolute atomic E-state index is 0.0306. The summed E-state index contributed by atoms with van der Waals surface area (Å²) in [6.07, 6.45) is 6.67. The SMILES string of the molecule is O=C(CC1CC=CCCCC(Cc2ccccc2)C(=O)OCC(C(=O)OCc2ccccc2)NC1=O)NC(CO)Cc1ccc(OCc2ccccc2)cc1. The number of ether oxygens (including phenoxy) is 3. The number of nitrogens with one attached hydrogen (secondary N) is 2. The van der Waals surface area contributed by atoms with Crippen molar-refractivity contribution in [3.63, 3.8) is 0 Å². The fourth-order valence-electron chi connectivity index (χ4n) is 6.33. The quantitative estimate of drug-likeness (QED) is 0.105. The molecule has 0 aromatic heterocycles. The molecule has 1 heterocycles. The molecule has 0 radical (unpaired) electrons. The molecule has 1 aliphatic rings. The number of esters is 2. The van der Waals surface area contributed by atoms with Gasteiger partial charge in [-0.2, -0.15) is 0 Å². The van der Waals surface area contributed by atoms with Gasteiger partial charge >= 0.3 is 11.9 Å². The van der Waals surface area contributed by atoms with Crippen LogP contribution in [0, 0.1) is 11.8 Å². The first kappa shape index (κ1) is 40.4. The minimum Gasteiger partial charge on any atom is -0.489 e. The van der Waals surface area contributed by atoms with E-state index in [1.54, 1.807) is 0 Å². The average molecular weight is 747 g/mol. The van der Waals surface area contributed by atoms with Gasteiger partial charge in [0.2, 0.25) is 11.8 Å². The molecule has 0 fully saturated rings. The van der Waals surface area contributed by atoms with Gasteiger partial charge in [0.05, 0.1) is 24.5 Å². The third kappa shape index (κ3) is 13.9. The van der Waals surface area contributed by atoms with E-state index in [-0.39, 0.29) is 26.1 Å². The van der Waals surface area contributed by atoms with Crippen molar-refractivity contribution in [1.82, 2.24) is 10.6 Å². The Morgan fingerprint density at radius 1 is 0.782 bits per heavy atom. The Kier molecular flexibility index (Phi) is 16.1. The summed E-state index contributed by atoms with van der Waals surface area (Å²) in [6.45, 7) is -0.311. The van der Waals surface area contributed by atoms with Gasteiger partial charge in [-0.25, -0.2) is 4.79 Å². The Bertz CT molecular complexity index is 1820. The smallest absolute Gasteiger partial charge is 0.332 e. The number of aliphatic hydroxyl groups excluding tert-OH is 1. The van der Waals surface area contributed by atoms with Crippen molar-refractivity contribution in [2.45, 2.75) is 70.2 Å². The molecule has 0 saturated heterocycles. The highest BCUT2D eigenvalue weighted by Gasteiger charge is 2.31. The van der Waals surface area contributed by atoms with Gasteiger partial charge in [-0.3, -0.25) is 14.4 Å². The van der Waals surface area contributed by atoms with Crippen molar-refractivity contribution in [1.29, 1.82) is 0 Å². The Morgan fingerprint density at radius 3 is 2.07 bits per heavy atom. The Morgan fingerprint density at radius 2 is 1.42 bits per heavy atom. The number of carbonyl (C=O) groups is 4. The van der Waals surface area contributed by atoms with Crippen molar-refractivity contribution in [3.05, 3.63) is 150 Å². The van der Waals surface area contributed by atoms with Crippen LogP contribution < -0.4 is 15.4 Å². The molecule has 1 aliphatic heterocycles. The maximum absolute atomic E-state index is 13.8. The van der Waals surface area contributed by atoms with Crippen LogP contribution in [-0.4, -0.2) is 54.2 Å². The van der Waals surface area contributed by atoms with E-state index in [2.05, 4.69) is 10.6 Å². The van der Waals surface area contributed by atoms with E-state index in [0.29, 0.717) is 44.5 Å². The molecule has 55 heavy (non-hydrogen) atoms. The summed E-state index contributed by atoms with van der Waals surface area (Å²) >= 11 is 0. The normalized spacial score (nSPS) is 18.5. The Hall–Kier alpha value is -5.74. The van der Waals surface area contributed by atoms with E-state index in [0.717, 1.165) is 22.3 Å². The van der Waals surface area contributed by atoms with Gasteiger partial charge in [0.1, 0.15) is 25.6 Å². The largest absolute Gasteiger partial charge is 0.489 e. The van der Waals surface area contributed by atoms with Gasteiger partial charge in [-0.1, -0.05) is 115 Å². The molecule has 0 saturated carbocycles. The predicted molar refractivity (Wildman–Crippen MR) is 208 cm³/mol. The number of hydrogen-bond donors (Lipinski definition) is 3. The molecule has 288 valence electrons. The van der Waals surface area contributed by atoms with Crippen molar-refractivity contribution in [2.75, 3.05) is 13.2 Å². The standard InChI is InChI=1S/C45H50N2O8/c48-29-39(27-34-22-24-40(25-23-34)53-30-35-16-8-4-9-17-35)46-42(49)28-37-20-12-1-2-13-21-38(26-33-14-6-3-7-15-33)44(51)55-32-41(47-43(37)50)45(52)54-31-36-18-10-5-11-19-36/h1,3-12,14-19,22-25,37-39,41,48H,2,13,20-21,26-32H2,(H,46,49)(H,47,50). The van der Waals surface area contributed by atoms with E-state index < -0.39 is 54.3 Å². The van der Waals surface area contributed by atoms with Crippen LogP contribution in [0.3, 0.4) is 0 Å². The molecule has 10 heteroatoms. The summed E-state index contributed by atoms with van der Waals surface area (Å²) in [7, 11) is 0. The van der Waals surface area contributed by atoms with Crippen LogP contribution in [0.1, 0.15) is 54.4 Å². The summed E-state index contributed by atoms with van der Waals surface area (Å²) < 4.78 is 17.1. The van der Waals surface area contributed by atoms with E-state index in [1.165, 1.54) is 0 Å². The number of benzene rings is 4. The Balaban J connectivity index is 1.22. The van der Waals surface area contributed by atoms with Crippen LogP contribution in [0.25, 0.3) is 0 Å². The van der Waals surface area contributed by atoms with E-state index >= 15 is 0 Å². The number of carbonyl (C=O) groups excluding carboxylic acids is 4. The van der Waals surface area contributed by atoms with Crippen molar-refractivity contribution < 1.29 is 38.5 Å². The van der Waals surface area contributed by atoms with Gasteiger partial charge in [0.25, 0.3) is 0 Å². The third-order valence-corrected chi connectivity index (χ3v) is 9.43. The fraction of sp³-hybridized carbons (Fsp3) is 0.333. The zero-order valence-electron chi connectivity index (χ0n) is 31.0. The van der Waals surface area contributed by atoms with Crippen LogP contribution in [0.5, 0.6) is 5.75 Å². The first-order valence-electron chi connectivity index (χ1n) is 18.9. The average Bonchev–Trinajstić information content (AvgIpc) is 3.21. The number of aliphatic hydroxyl groups is 1. The van der Waals surface area contributed by atoms with Crippen LogP contribution in [0.4, 0.5) is 0 Å². The van der Waals surface area contributed by atoms with Crippen LogP contribution >= 0.6 is 0 Å². The second-order valence-corrected chi connectivity index (χ2v) is 13.8. The molecule has 4 aromatic carbocycles. The van der Waals surface area contributed by atoms with E-state index in [4.69, 9.17) is 14.2 Å². The summed E-state index contributed by atoms with van der Waals surface area (Å²) in [4.78, 5) is 53.9. The minimum atomic E-state index is -1.29. The number of allylic oxidation sites excluding steroid dienone is 2. The molecule has 2 amide bonds. The molecule has 0 spiro atoms. The first-order chi connectivity index (χ1) is 26.9. The molecule has 4 unspecified atom stereocenters. The molecule has 5 rings (SSSR count). The van der Waals surface area contributed by atoms with Crippen molar-refractivity contribution in [3.8, 4) is 5.75 Å². The highest BCUT2D eigenvalue weighted by Crippen LogP contribution is 2.20. The zero-order chi connectivity index (χ0) is 38.7. The molecule has 0 aliphatic carbocycles. The molecule has 3 N–H and O–H groups in total. The maximum atomic E-state index is 13.8. The third-order valence-electron chi connectivity index (χ3n) is 9.43. The second kappa shape index (κ2) is 21.8. The summed E-state index contributed by atoms with van der Waals surface area (Å²) in [5.41, 5.74) is 3.71. The Labute approximate surface area is 322 Å². The van der Waals surface area contributed by atoms with Gasteiger partial charge < -0.3 is 30.0 Å². The molecular weight excluding hydrogens is 697 g/mol. The lowest BCUT2D eigenvalue weighted by atomic mass is 9.93. The van der Waals surface area contributed by atoms with Crippen molar-refractivity contribution in [2.24, 2.45) is 11.8 Å². The number of rotatable bonds is 14. The fourth-order valence-corrected chi connectivity index (χ4v) is 6.33.